The molecular weight excluding hydrogens is 440 g/mol. The summed E-state index contributed by atoms with van der Waals surface area (Å²) in [6.45, 7) is 4.11. The predicted octanol–water partition coefficient (Wildman–Crippen LogP) is 5.48. The largest absolute Gasteiger partial charge is 0.673 e. The van der Waals surface area contributed by atoms with E-state index in [1.165, 1.54) is 12.1 Å². The van der Waals surface area contributed by atoms with Crippen molar-refractivity contribution in [1.29, 1.82) is 0 Å². The van der Waals surface area contributed by atoms with E-state index in [1.54, 1.807) is 19.2 Å². The average Bonchev–Trinajstić information content (AvgIpc) is 2.73. The molecule has 0 aliphatic rings. The Bertz CT molecular complexity index is 1310. The topological polar surface area (TPSA) is 36.3 Å². The fraction of sp³-hybridized carbons (Fsp3) is 0.125. The third-order valence-corrected chi connectivity index (χ3v) is 4.71. The number of methoxy groups -OCH3 is 1. The van der Waals surface area contributed by atoms with Gasteiger partial charge in [-0.3, -0.25) is 0 Å². The van der Waals surface area contributed by atoms with Crippen molar-refractivity contribution in [2.45, 2.75) is 13.8 Å². The standard InChI is InChI=1S/C24H20FNO2.BF4/c1-15-12-16(2)24-21(26-19-8-6-18(25)7-9-19)14-22(28-23(24)13-15)17-4-10-20(27-3)11-5-17;2-1(3,4)5/h4-14H,1-3H3;/q;-1/p+1. The molecule has 0 aliphatic carbocycles. The number of hydrogen-bond acceptors (Lipinski definition) is 2. The van der Waals surface area contributed by atoms with Crippen LogP contribution in [0.1, 0.15) is 11.1 Å². The number of nitrogens with one attached hydrogen (secondary N) is 1. The third kappa shape index (κ3) is 6.68. The number of aryl methyl sites for hydroxylation is 2. The van der Waals surface area contributed by atoms with Crippen LogP contribution in [0.15, 0.2) is 71.1 Å². The molecule has 3 nitrogen and oxygen atoms in total. The first-order valence-corrected chi connectivity index (χ1v) is 9.96. The molecule has 1 heterocycles. The molecule has 172 valence electrons. The van der Waals surface area contributed by atoms with Crippen molar-refractivity contribution in [3.63, 3.8) is 0 Å². The van der Waals surface area contributed by atoms with Crippen molar-refractivity contribution in [2.75, 3.05) is 7.11 Å². The highest BCUT2D eigenvalue weighted by Gasteiger charge is 2.20. The molecular formula is C24H21BF5NO2. The summed E-state index contributed by atoms with van der Waals surface area (Å²) in [5.41, 5.74) is 4.81. The number of halogens is 5. The first kappa shape index (κ1) is 24.0. The molecule has 0 bridgehead atoms. The lowest BCUT2D eigenvalue weighted by Crippen LogP contribution is -2.70. The van der Waals surface area contributed by atoms with Gasteiger partial charge in [-0.1, -0.05) is 6.07 Å². The van der Waals surface area contributed by atoms with Crippen molar-refractivity contribution >= 4 is 23.9 Å². The van der Waals surface area contributed by atoms with Crippen LogP contribution in [0.25, 0.3) is 22.3 Å². The van der Waals surface area contributed by atoms with Gasteiger partial charge in [-0.05, 0) is 67.4 Å². The molecule has 0 saturated carbocycles. The number of fused-ring (bicyclic) bond motifs is 1. The Morgan fingerprint density at radius 3 is 2.03 bits per heavy atom. The Hall–Kier alpha value is -3.62. The molecule has 0 amide bonds. The fourth-order valence-corrected chi connectivity index (χ4v) is 3.39. The van der Waals surface area contributed by atoms with E-state index in [1.807, 2.05) is 36.4 Å². The number of rotatable bonds is 3. The van der Waals surface area contributed by atoms with E-state index in [-0.39, 0.29) is 5.82 Å². The molecule has 0 fully saturated rings. The van der Waals surface area contributed by atoms with Crippen LogP contribution < -0.4 is 15.1 Å². The lowest BCUT2D eigenvalue weighted by Gasteiger charge is -2.07. The molecule has 0 spiro atoms. The molecule has 4 rings (SSSR count). The van der Waals surface area contributed by atoms with Gasteiger partial charge >= 0.3 is 7.25 Å². The van der Waals surface area contributed by atoms with Crippen molar-refractivity contribution in [3.8, 4) is 17.1 Å². The van der Waals surface area contributed by atoms with Crippen LogP contribution in [0.2, 0.25) is 0 Å². The Balaban J connectivity index is 0.000000555. The van der Waals surface area contributed by atoms with E-state index < -0.39 is 7.25 Å². The fourth-order valence-electron chi connectivity index (χ4n) is 3.39. The zero-order chi connectivity index (χ0) is 24.2. The second-order valence-electron chi connectivity index (χ2n) is 7.33. The Labute approximate surface area is 187 Å². The van der Waals surface area contributed by atoms with Crippen LogP contribution in [-0.4, -0.2) is 14.4 Å². The first-order valence-electron chi connectivity index (χ1n) is 9.96. The van der Waals surface area contributed by atoms with Crippen LogP contribution in [0.4, 0.5) is 27.3 Å². The van der Waals surface area contributed by atoms with E-state index in [2.05, 4.69) is 24.9 Å². The van der Waals surface area contributed by atoms with E-state index in [4.69, 9.17) is 9.15 Å². The second kappa shape index (κ2) is 9.89. The minimum absolute atomic E-state index is 0.260. The summed E-state index contributed by atoms with van der Waals surface area (Å²) in [7, 11) is -4.36. The van der Waals surface area contributed by atoms with Gasteiger partial charge in [0.1, 0.15) is 22.9 Å². The second-order valence-corrected chi connectivity index (χ2v) is 7.33. The monoisotopic (exact) mass is 461 g/mol. The summed E-state index contributed by atoms with van der Waals surface area (Å²) < 4.78 is 63.8. The lowest BCUT2D eigenvalue weighted by atomic mass is 10.0. The minimum atomic E-state index is -6.00. The van der Waals surface area contributed by atoms with Gasteiger partial charge in [0.05, 0.1) is 18.6 Å². The molecule has 3 aromatic carbocycles. The molecule has 9 heteroatoms. The van der Waals surface area contributed by atoms with Crippen LogP contribution in [0.3, 0.4) is 0 Å². The van der Waals surface area contributed by atoms with Crippen LogP contribution >= 0.6 is 0 Å². The maximum atomic E-state index is 13.3. The van der Waals surface area contributed by atoms with Gasteiger partial charge in [0.2, 0.25) is 11.0 Å². The van der Waals surface area contributed by atoms with Gasteiger partial charge < -0.3 is 26.4 Å². The Kier molecular flexibility index (Phi) is 7.21. The Morgan fingerprint density at radius 2 is 1.45 bits per heavy atom. The average molecular weight is 461 g/mol. The molecule has 0 saturated heterocycles. The highest BCUT2D eigenvalue weighted by Crippen LogP contribution is 2.26. The summed E-state index contributed by atoms with van der Waals surface area (Å²) in [5.74, 6) is 1.27. The van der Waals surface area contributed by atoms with Crippen molar-refractivity contribution in [2.24, 2.45) is 0 Å². The molecule has 1 N–H and O–H groups in total. The zero-order valence-electron chi connectivity index (χ0n) is 18.1. The van der Waals surface area contributed by atoms with Crippen LogP contribution in [-0.2, 0) is 0 Å². The highest BCUT2D eigenvalue weighted by atomic mass is 19.5. The summed E-state index contributed by atoms with van der Waals surface area (Å²) in [6, 6.07) is 20.2. The normalized spacial score (nSPS) is 11.8. The number of hydrogen-bond donors (Lipinski definition) is 1. The van der Waals surface area contributed by atoms with E-state index in [9.17, 15) is 21.7 Å². The molecule has 4 aromatic rings. The third-order valence-electron chi connectivity index (χ3n) is 4.71. The summed E-state index contributed by atoms with van der Waals surface area (Å²) in [4.78, 5) is 3.42. The predicted molar refractivity (Wildman–Crippen MR) is 118 cm³/mol. The van der Waals surface area contributed by atoms with Crippen molar-refractivity contribution < 1.29 is 35.8 Å². The smallest absolute Gasteiger partial charge is 0.497 e. The van der Waals surface area contributed by atoms with Crippen molar-refractivity contribution in [1.82, 2.24) is 0 Å². The molecule has 33 heavy (non-hydrogen) atoms. The van der Waals surface area contributed by atoms with Gasteiger partial charge in [-0.2, -0.15) is 0 Å². The zero-order valence-corrected chi connectivity index (χ0v) is 18.1. The molecule has 0 unspecified atom stereocenters. The molecule has 1 aromatic heterocycles. The number of ether oxygens (including phenoxy) is 1. The quantitative estimate of drug-likeness (QED) is 0.324. The first-order chi connectivity index (χ1) is 15.5. The molecule has 0 aliphatic heterocycles. The Morgan fingerprint density at radius 1 is 0.848 bits per heavy atom. The van der Waals surface area contributed by atoms with Crippen molar-refractivity contribution in [3.05, 3.63) is 89.0 Å². The van der Waals surface area contributed by atoms with Gasteiger partial charge in [0.15, 0.2) is 0 Å². The van der Waals surface area contributed by atoms with Crippen LogP contribution in [0, 0.1) is 19.7 Å². The maximum Gasteiger partial charge on any atom is 0.673 e. The highest BCUT2D eigenvalue weighted by molar-refractivity contribution is 6.50. The summed E-state index contributed by atoms with van der Waals surface area (Å²) in [5, 5.41) is 1.92. The van der Waals surface area contributed by atoms with Gasteiger partial charge in [-0.25, -0.2) is 9.38 Å². The maximum absolute atomic E-state index is 13.3. The summed E-state index contributed by atoms with van der Waals surface area (Å²) in [6.07, 6.45) is 0. The molecule has 0 atom stereocenters. The van der Waals surface area contributed by atoms with E-state index >= 15 is 0 Å². The summed E-state index contributed by atoms with van der Waals surface area (Å²) >= 11 is 0. The number of benzene rings is 3. The SMILES string of the molecule is COc1ccc(-c2cc(=[NH+]c3ccc(F)cc3)c3c(C)cc(C)cc3o2)cc1.F[B-](F)(F)F. The molecule has 0 radical (unpaired) electrons. The van der Waals surface area contributed by atoms with Gasteiger partial charge in [0.25, 0.3) is 0 Å². The van der Waals surface area contributed by atoms with Crippen LogP contribution in [0.5, 0.6) is 5.75 Å². The van der Waals surface area contributed by atoms with Gasteiger partial charge in [0, 0.05) is 17.7 Å². The minimum Gasteiger partial charge on any atom is -0.497 e. The van der Waals surface area contributed by atoms with E-state index in [0.717, 1.165) is 50.2 Å². The lowest BCUT2D eigenvalue weighted by molar-refractivity contribution is -0.401. The van der Waals surface area contributed by atoms with Gasteiger partial charge in [-0.15, -0.1) is 0 Å². The van der Waals surface area contributed by atoms with E-state index in [0.29, 0.717) is 0 Å².